The average molecular weight is 476 g/mol. The molecule has 0 bridgehead atoms. The Morgan fingerprint density at radius 2 is 1.88 bits per heavy atom. The Bertz CT molecular complexity index is 1050. The van der Waals surface area contributed by atoms with Gasteiger partial charge in [-0.2, -0.15) is 5.26 Å². The number of hydrogen-bond donors (Lipinski definition) is 1. The van der Waals surface area contributed by atoms with Crippen molar-refractivity contribution in [3.05, 3.63) is 80.1 Å². The van der Waals surface area contributed by atoms with Gasteiger partial charge >= 0.3 is 5.97 Å². The smallest absolute Gasteiger partial charge is 0.337 e. The number of hydrogen-bond acceptors (Lipinski definition) is 3. The highest BCUT2D eigenvalue weighted by atomic mass is 127. The van der Waals surface area contributed by atoms with Crippen LogP contribution in [-0.4, -0.2) is 11.1 Å². The van der Waals surface area contributed by atoms with Gasteiger partial charge < -0.3 is 9.52 Å². The van der Waals surface area contributed by atoms with Gasteiger partial charge in [-0.05, 0) is 76.7 Å². The molecule has 0 unspecified atom stereocenters. The second-order valence-electron chi connectivity index (χ2n) is 5.38. The summed E-state index contributed by atoms with van der Waals surface area (Å²) in [5, 5.41) is 18.8. The summed E-state index contributed by atoms with van der Waals surface area (Å²) in [7, 11) is 0. The minimum Gasteiger partial charge on any atom is -0.478 e. The van der Waals surface area contributed by atoms with Gasteiger partial charge in [-0.1, -0.05) is 23.7 Å². The van der Waals surface area contributed by atoms with Crippen LogP contribution < -0.4 is 0 Å². The Hall–Kier alpha value is -2.56. The standard InChI is InChI=1S/C20H11ClINO3/c21-18-7-3-13(10-17(18)20(24)25)19-8-6-16(26-19)9-14(11-23)12-1-4-15(22)5-2-12/h1-10H,(H,24,25)/b14-9-. The van der Waals surface area contributed by atoms with E-state index in [1.54, 1.807) is 24.3 Å². The highest BCUT2D eigenvalue weighted by molar-refractivity contribution is 14.1. The molecule has 0 atom stereocenters. The molecule has 0 saturated heterocycles. The molecule has 0 saturated carbocycles. The molecule has 1 N–H and O–H groups in total. The first-order valence-corrected chi connectivity index (χ1v) is 8.94. The third-order valence-electron chi connectivity index (χ3n) is 3.67. The molecule has 0 amide bonds. The summed E-state index contributed by atoms with van der Waals surface area (Å²) < 4.78 is 6.84. The summed E-state index contributed by atoms with van der Waals surface area (Å²) in [4.78, 5) is 11.2. The van der Waals surface area contributed by atoms with Gasteiger partial charge in [0.25, 0.3) is 0 Å². The Kier molecular flexibility index (Phi) is 5.45. The van der Waals surface area contributed by atoms with Crippen LogP contribution in [0.3, 0.4) is 0 Å². The number of carbonyl (C=O) groups is 1. The second-order valence-corrected chi connectivity index (χ2v) is 7.03. The van der Waals surface area contributed by atoms with E-state index in [-0.39, 0.29) is 10.6 Å². The molecule has 0 radical (unpaired) electrons. The number of nitriles is 1. The quantitative estimate of drug-likeness (QED) is 0.373. The lowest BCUT2D eigenvalue weighted by Crippen LogP contribution is -1.97. The van der Waals surface area contributed by atoms with E-state index in [2.05, 4.69) is 28.7 Å². The van der Waals surface area contributed by atoms with Gasteiger partial charge in [0.05, 0.1) is 22.2 Å². The van der Waals surface area contributed by atoms with E-state index in [1.165, 1.54) is 12.1 Å². The molecule has 0 aliphatic rings. The van der Waals surface area contributed by atoms with Gasteiger partial charge in [-0.3, -0.25) is 0 Å². The van der Waals surface area contributed by atoms with Crippen molar-refractivity contribution in [2.75, 3.05) is 0 Å². The molecule has 3 aromatic rings. The maximum Gasteiger partial charge on any atom is 0.337 e. The fourth-order valence-electron chi connectivity index (χ4n) is 2.38. The number of allylic oxidation sites excluding steroid dienone is 1. The van der Waals surface area contributed by atoms with Crippen LogP contribution in [0.5, 0.6) is 0 Å². The van der Waals surface area contributed by atoms with Crippen LogP contribution in [0, 0.1) is 14.9 Å². The van der Waals surface area contributed by atoms with Crippen molar-refractivity contribution in [3.63, 3.8) is 0 Å². The Morgan fingerprint density at radius 3 is 2.54 bits per heavy atom. The third-order valence-corrected chi connectivity index (χ3v) is 4.72. The fourth-order valence-corrected chi connectivity index (χ4v) is 2.94. The molecule has 0 spiro atoms. The molecule has 2 aromatic carbocycles. The number of furan rings is 1. The average Bonchev–Trinajstić information content (AvgIpc) is 3.09. The van der Waals surface area contributed by atoms with Gasteiger partial charge in [-0.25, -0.2) is 4.79 Å². The van der Waals surface area contributed by atoms with Crippen LogP contribution in [0.25, 0.3) is 23.0 Å². The topological polar surface area (TPSA) is 74.2 Å². The minimum atomic E-state index is -1.10. The summed E-state index contributed by atoms with van der Waals surface area (Å²) in [5.41, 5.74) is 1.88. The van der Waals surface area contributed by atoms with Crippen molar-refractivity contribution < 1.29 is 14.3 Å². The van der Waals surface area contributed by atoms with Crippen molar-refractivity contribution in [2.45, 2.75) is 0 Å². The molecule has 6 heteroatoms. The molecule has 0 aliphatic carbocycles. The molecule has 1 aromatic heterocycles. The number of halogens is 2. The van der Waals surface area contributed by atoms with Gasteiger partial charge in [-0.15, -0.1) is 0 Å². The number of nitrogens with zero attached hydrogens (tertiary/aromatic N) is 1. The Morgan fingerprint density at radius 1 is 1.15 bits per heavy atom. The van der Waals surface area contributed by atoms with Crippen LogP contribution >= 0.6 is 34.2 Å². The van der Waals surface area contributed by atoms with Crippen LogP contribution in [0.4, 0.5) is 0 Å². The predicted molar refractivity (Wildman–Crippen MR) is 109 cm³/mol. The summed E-state index contributed by atoms with van der Waals surface area (Å²) in [6.07, 6.45) is 1.65. The lowest BCUT2D eigenvalue weighted by atomic mass is 10.1. The lowest BCUT2D eigenvalue weighted by Gasteiger charge is -2.02. The zero-order valence-corrected chi connectivity index (χ0v) is 16.2. The Balaban J connectivity index is 1.95. The zero-order valence-electron chi connectivity index (χ0n) is 13.2. The van der Waals surface area contributed by atoms with E-state index in [4.69, 9.17) is 16.0 Å². The largest absolute Gasteiger partial charge is 0.478 e. The molecule has 26 heavy (non-hydrogen) atoms. The first kappa shape index (κ1) is 18.2. The lowest BCUT2D eigenvalue weighted by molar-refractivity contribution is 0.0697. The highest BCUT2D eigenvalue weighted by Crippen LogP contribution is 2.28. The first-order chi connectivity index (χ1) is 12.5. The van der Waals surface area contributed by atoms with Crippen molar-refractivity contribution in [1.29, 1.82) is 5.26 Å². The summed E-state index contributed by atoms with van der Waals surface area (Å²) in [6.45, 7) is 0. The van der Waals surface area contributed by atoms with Crippen molar-refractivity contribution in [3.8, 4) is 17.4 Å². The number of benzene rings is 2. The molecule has 3 rings (SSSR count). The minimum absolute atomic E-state index is 0.00858. The molecule has 128 valence electrons. The molecular formula is C20H11ClINO3. The van der Waals surface area contributed by atoms with Crippen LogP contribution in [0.2, 0.25) is 5.02 Å². The summed E-state index contributed by atoms with van der Waals surface area (Å²) in [5.74, 6) is -0.105. The maximum absolute atomic E-state index is 11.2. The molecule has 4 nitrogen and oxygen atoms in total. The number of carboxylic acid groups (broad SMARTS) is 1. The van der Waals surface area contributed by atoms with E-state index in [0.29, 0.717) is 22.7 Å². The molecule has 1 heterocycles. The molecule has 0 aliphatic heterocycles. The van der Waals surface area contributed by atoms with Crippen LogP contribution in [0.1, 0.15) is 21.7 Å². The van der Waals surface area contributed by atoms with Gasteiger partial charge in [0.2, 0.25) is 0 Å². The van der Waals surface area contributed by atoms with Crippen LogP contribution in [0.15, 0.2) is 59.0 Å². The van der Waals surface area contributed by atoms with E-state index >= 15 is 0 Å². The number of aromatic carboxylic acids is 1. The van der Waals surface area contributed by atoms with Gasteiger partial charge in [0, 0.05) is 9.13 Å². The summed E-state index contributed by atoms with van der Waals surface area (Å²) in [6, 6.07) is 17.9. The second kappa shape index (κ2) is 7.77. The Labute approximate surface area is 168 Å². The first-order valence-electron chi connectivity index (χ1n) is 7.48. The van der Waals surface area contributed by atoms with Crippen molar-refractivity contribution in [2.24, 2.45) is 0 Å². The van der Waals surface area contributed by atoms with Crippen LogP contribution in [-0.2, 0) is 0 Å². The van der Waals surface area contributed by atoms with Gasteiger partial charge in [0.15, 0.2) is 0 Å². The normalized spacial score (nSPS) is 11.2. The molecule has 0 fully saturated rings. The van der Waals surface area contributed by atoms with Gasteiger partial charge in [0.1, 0.15) is 11.5 Å². The van der Waals surface area contributed by atoms with E-state index in [9.17, 15) is 15.2 Å². The zero-order chi connectivity index (χ0) is 18.7. The third kappa shape index (κ3) is 3.98. The van der Waals surface area contributed by atoms with E-state index < -0.39 is 5.97 Å². The fraction of sp³-hybridized carbons (Fsp3) is 0. The van der Waals surface area contributed by atoms with E-state index in [1.807, 2.05) is 24.3 Å². The van der Waals surface area contributed by atoms with Crippen molar-refractivity contribution >= 4 is 51.8 Å². The van der Waals surface area contributed by atoms with E-state index in [0.717, 1.165) is 9.13 Å². The number of rotatable bonds is 4. The number of carboxylic acids is 1. The monoisotopic (exact) mass is 475 g/mol. The maximum atomic E-state index is 11.2. The molecular weight excluding hydrogens is 465 g/mol. The highest BCUT2D eigenvalue weighted by Gasteiger charge is 2.12. The predicted octanol–water partition coefficient (Wildman–Crippen LogP) is 5.97. The SMILES string of the molecule is N#C/C(=C/c1ccc(-c2ccc(Cl)c(C(=O)O)c2)o1)c1ccc(I)cc1. The summed E-state index contributed by atoms with van der Waals surface area (Å²) >= 11 is 8.10. The van der Waals surface area contributed by atoms with Crippen molar-refractivity contribution in [1.82, 2.24) is 0 Å².